The van der Waals surface area contributed by atoms with Gasteiger partial charge in [-0.05, 0) is 33.1 Å². The number of hydrogen-bond donors (Lipinski definition) is 5. The molecule has 8 nitrogen and oxygen atoms in total. The summed E-state index contributed by atoms with van der Waals surface area (Å²) in [6.07, 6.45) is -3.27. The molecular weight excluding hydrogens is 368 g/mol. The Morgan fingerprint density at radius 3 is 2.43 bits per heavy atom. The molecule has 0 aromatic carbocycles. The summed E-state index contributed by atoms with van der Waals surface area (Å²) in [7, 11) is 0. The van der Waals surface area contributed by atoms with Crippen molar-refractivity contribution in [1.82, 2.24) is 0 Å². The van der Waals surface area contributed by atoms with Crippen LogP contribution in [0.15, 0.2) is 11.6 Å². The van der Waals surface area contributed by atoms with Gasteiger partial charge >= 0.3 is 0 Å². The van der Waals surface area contributed by atoms with E-state index in [1.54, 1.807) is 13.8 Å². The van der Waals surface area contributed by atoms with Gasteiger partial charge in [-0.15, -0.1) is 0 Å². The maximum Gasteiger partial charge on any atom is 0.187 e. The molecule has 4 aliphatic rings. The van der Waals surface area contributed by atoms with Crippen LogP contribution in [0.4, 0.5) is 0 Å². The number of aliphatic hydroxyl groups is 5. The molecule has 1 unspecified atom stereocenters. The Morgan fingerprint density at radius 1 is 1.21 bits per heavy atom. The van der Waals surface area contributed by atoms with E-state index < -0.39 is 59.8 Å². The number of ether oxygens (including phenoxy) is 2. The Labute approximate surface area is 163 Å². The van der Waals surface area contributed by atoms with Crippen LogP contribution in [0.3, 0.4) is 0 Å². The number of Topliss-reactive ketones (excluding diaryl/α,β-unsaturated/α-hetero) is 1. The number of ketones is 1. The number of carbonyl (C=O) groups excluding carboxylic acids is 1. The Balaban J connectivity index is 1.73. The summed E-state index contributed by atoms with van der Waals surface area (Å²) in [4.78, 5) is 13.0. The molecule has 3 fully saturated rings. The number of fused-ring (bicyclic) bond motifs is 1. The minimum Gasteiger partial charge on any atom is -0.394 e. The van der Waals surface area contributed by atoms with E-state index in [4.69, 9.17) is 9.47 Å². The van der Waals surface area contributed by atoms with Crippen LogP contribution < -0.4 is 0 Å². The summed E-state index contributed by atoms with van der Waals surface area (Å²) < 4.78 is 11.7. The normalized spacial score (nSPS) is 52.5. The Bertz CT molecular complexity index is 696. The summed E-state index contributed by atoms with van der Waals surface area (Å²) in [6, 6.07) is 0. The van der Waals surface area contributed by atoms with E-state index >= 15 is 0 Å². The van der Waals surface area contributed by atoms with Gasteiger partial charge in [0.2, 0.25) is 0 Å². The van der Waals surface area contributed by atoms with Crippen molar-refractivity contribution in [3.05, 3.63) is 11.6 Å². The first-order valence-electron chi connectivity index (χ1n) is 9.95. The van der Waals surface area contributed by atoms with Crippen LogP contribution in [0.5, 0.6) is 0 Å². The van der Waals surface area contributed by atoms with E-state index in [0.717, 1.165) is 18.4 Å². The van der Waals surface area contributed by atoms with Gasteiger partial charge in [-0.25, -0.2) is 0 Å². The Hall–Kier alpha value is -0.870. The smallest absolute Gasteiger partial charge is 0.187 e. The van der Waals surface area contributed by atoms with Gasteiger partial charge in [-0.1, -0.05) is 18.6 Å². The van der Waals surface area contributed by atoms with Gasteiger partial charge in [0.25, 0.3) is 0 Å². The molecule has 0 radical (unpaired) electrons. The summed E-state index contributed by atoms with van der Waals surface area (Å²) in [5.41, 5.74) is -1.98. The molecule has 0 aromatic rings. The molecule has 4 rings (SSSR count). The minimum absolute atomic E-state index is 0.0929. The molecular formula is C20H30O8. The van der Waals surface area contributed by atoms with Crippen molar-refractivity contribution in [1.29, 1.82) is 0 Å². The van der Waals surface area contributed by atoms with E-state index in [2.05, 4.69) is 0 Å². The fourth-order valence-corrected chi connectivity index (χ4v) is 5.85. The third-order valence-corrected chi connectivity index (χ3v) is 7.56. The highest BCUT2D eigenvalue weighted by molar-refractivity contribution is 5.89. The lowest BCUT2D eigenvalue weighted by molar-refractivity contribution is -0.330. The third-order valence-electron chi connectivity index (χ3n) is 7.56. The fourth-order valence-electron chi connectivity index (χ4n) is 5.85. The lowest BCUT2D eigenvalue weighted by atomic mass is 9.61. The van der Waals surface area contributed by atoms with Crippen molar-refractivity contribution in [2.75, 3.05) is 6.61 Å². The number of hydrogen-bond acceptors (Lipinski definition) is 8. The van der Waals surface area contributed by atoms with Gasteiger partial charge in [-0.2, -0.15) is 0 Å². The average Bonchev–Trinajstić information content (AvgIpc) is 3.39. The first kappa shape index (κ1) is 20.4. The summed E-state index contributed by atoms with van der Waals surface area (Å²) in [6.45, 7) is 4.83. The molecule has 28 heavy (non-hydrogen) atoms. The van der Waals surface area contributed by atoms with E-state index in [9.17, 15) is 30.3 Å². The predicted octanol–water partition coefficient (Wildman–Crippen LogP) is -0.742. The molecule has 1 aliphatic heterocycles. The van der Waals surface area contributed by atoms with Crippen LogP contribution in [0.2, 0.25) is 0 Å². The van der Waals surface area contributed by atoms with E-state index in [1.807, 2.05) is 13.0 Å². The van der Waals surface area contributed by atoms with Gasteiger partial charge in [0, 0.05) is 11.3 Å². The van der Waals surface area contributed by atoms with E-state index in [0.29, 0.717) is 6.42 Å². The minimum atomic E-state index is -1.57. The maximum atomic E-state index is 13.0. The second-order valence-corrected chi connectivity index (χ2v) is 9.27. The molecule has 9 atom stereocenters. The van der Waals surface area contributed by atoms with Crippen LogP contribution in [0.25, 0.3) is 0 Å². The van der Waals surface area contributed by atoms with Crippen LogP contribution >= 0.6 is 0 Å². The van der Waals surface area contributed by atoms with Crippen LogP contribution in [0, 0.1) is 17.3 Å². The van der Waals surface area contributed by atoms with Crippen molar-refractivity contribution in [2.24, 2.45) is 17.3 Å². The topological polar surface area (TPSA) is 137 Å². The van der Waals surface area contributed by atoms with Crippen LogP contribution in [0.1, 0.15) is 40.0 Å². The lowest BCUT2D eigenvalue weighted by Gasteiger charge is -2.52. The van der Waals surface area contributed by atoms with Crippen molar-refractivity contribution < 1.29 is 39.8 Å². The number of aliphatic hydroxyl groups excluding tert-OH is 4. The van der Waals surface area contributed by atoms with Crippen LogP contribution in [-0.4, -0.2) is 79.8 Å². The molecule has 2 saturated carbocycles. The van der Waals surface area contributed by atoms with E-state index in [1.165, 1.54) is 0 Å². The number of carbonyl (C=O) groups is 1. The van der Waals surface area contributed by atoms with Crippen molar-refractivity contribution in [2.45, 2.75) is 81.9 Å². The highest BCUT2D eigenvalue weighted by Crippen LogP contribution is 2.68. The molecule has 1 spiro atoms. The maximum absolute atomic E-state index is 13.0. The molecule has 1 heterocycles. The highest BCUT2D eigenvalue weighted by Gasteiger charge is 2.72. The molecule has 0 aromatic heterocycles. The van der Waals surface area contributed by atoms with Gasteiger partial charge < -0.3 is 35.0 Å². The van der Waals surface area contributed by atoms with Crippen molar-refractivity contribution >= 4 is 5.78 Å². The molecule has 158 valence electrons. The third kappa shape index (κ3) is 2.52. The predicted molar refractivity (Wildman–Crippen MR) is 95.9 cm³/mol. The molecule has 1 saturated heterocycles. The van der Waals surface area contributed by atoms with Gasteiger partial charge in [-0.3, -0.25) is 4.79 Å². The molecule has 0 bridgehead atoms. The van der Waals surface area contributed by atoms with Crippen molar-refractivity contribution in [3.63, 3.8) is 0 Å². The summed E-state index contributed by atoms with van der Waals surface area (Å²) in [5.74, 6) is -1.27. The zero-order valence-corrected chi connectivity index (χ0v) is 16.4. The average molecular weight is 398 g/mol. The van der Waals surface area contributed by atoms with E-state index in [-0.39, 0.29) is 11.7 Å². The van der Waals surface area contributed by atoms with Crippen LogP contribution in [-0.2, 0) is 14.3 Å². The molecule has 0 amide bonds. The van der Waals surface area contributed by atoms with Gasteiger partial charge in [0.05, 0.1) is 18.1 Å². The second-order valence-electron chi connectivity index (χ2n) is 9.27. The van der Waals surface area contributed by atoms with Crippen molar-refractivity contribution in [3.8, 4) is 0 Å². The highest BCUT2D eigenvalue weighted by atomic mass is 16.7. The largest absolute Gasteiger partial charge is 0.394 e. The lowest BCUT2D eigenvalue weighted by Crippen LogP contribution is -2.64. The van der Waals surface area contributed by atoms with Gasteiger partial charge in [0.1, 0.15) is 35.8 Å². The Kier molecular flexibility index (Phi) is 4.60. The molecule has 8 heteroatoms. The molecule has 5 N–H and O–H groups in total. The van der Waals surface area contributed by atoms with Gasteiger partial charge in [0.15, 0.2) is 6.29 Å². The second kappa shape index (κ2) is 6.31. The first-order chi connectivity index (χ1) is 13.0. The SMILES string of the molecule is CC1=C[C@]2(O[C@@H]3O[C@H](CO)[C@@H](O)[C@H](O)[C@H]3O)C[C@@H](C)C(=O)C2[C@](C)(O)C12CC2. The Morgan fingerprint density at radius 2 is 1.86 bits per heavy atom. The first-order valence-corrected chi connectivity index (χ1v) is 9.95. The monoisotopic (exact) mass is 398 g/mol. The summed E-state index contributed by atoms with van der Waals surface area (Å²) >= 11 is 0. The summed E-state index contributed by atoms with van der Waals surface area (Å²) in [5, 5.41) is 51.4. The number of rotatable bonds is 3. The fraction of sp³-hybridized carbons (Fsp3) is 0.850. The molecule has 3 aliphatic carbocycles. The zero-order valence-electron chi connectivity index (χ0n) is 16.4. The quantitative estimate of drug-likeness (QED) is 0.392. The standard InChI is InChI=1S/C20H30O8/c1-9-6-20(28-17-15(25)14(24)13(23)11(8-21)27-17)7-10(2)19(4-5-19)18(3,26)16(20)12(9)22/h7,9,11,13-17,21,23-26H,4-6,8H2,1-3H3/t9-,11-,13-,14+,15-,16?,17+,18+,20-/m1/s1. The zero-order chi connectivity index (χ0) is 20.6.